The van der Waals surface area contributed by atoms with Gasteiger partial charge >= 0.3 is 17.7 Å². The Kier molecular flexibility index (Phi) is 4.52. The number of fused-ring (bicyclic) bond motifs is 4. The zero-order valence-electron chi connectivity index (χ0n) is 17.4. The van der Waals surface area contributed by atoms with Crippen molar-refractivity contribution >= 4 is 34.4 Å². The van der Waals surface area contributed by atoms with Crippen LogP contribution in [0.1, 0.15) is 28.0 Å². The van der Waals surface area contributed by atoms with Gasteiger partial charge in [0.2, 0.25) is 0 Å². The number of carbonyl (C=O) groups is 3. The molecule has 0 bridgehead atoms. The highest BCUT2D eigenvalue weighted by Gasteiger charge is 2.56. The first-order valence-corrected chi connectivity index (χ1v) is 10.1. The number of H-pyrrole nitrogens is 1. The Hall–Kier alpha value is -3.72. The highest BCUT2D eigenvalue weighted by atomic mass is 19.1. The Morgan fingerprint density at radius 3 is 2.47 bits per heavy atom. The van der Waals surface area contributed by atoms with Crippen LogP contribution in [-0.4, -0.2) is 47.9 Å². The van der Waals surface area contributed by atoms with E-state index in [1.807, 2.05) is 25.1 Å². The van der Waals surface area contributed by atoms with Crippen LogP contribution in [0.4, 0.5) is 10.1 Å². The van der Waals surface area contributed by atoms with Crippen molar-refractivity contribution in [2.45, 2.75) is 24.7 Å². The molecule has 5 rings (SSSR count). The molecule has 1 fully saturated rings. The van der Waals surface area contributed by atoms with E-state index in [4.69, 9.17) is 9.47 Å². The molecule has 1 aliphatic carbocycles. The smallest absolute Gasteiger partial charge is 0.408 e. The summed E-state index contributed by atoms with van der Waals surface area (Å²) in [6, 6.07) is 10.6. The summed E-state index contributed by atoms with van der Waals surface area (Å²) in [6.07, 6.45) is 0.944. The Bertz CT molecular complexity index is 1250. The van der Waals surface area contributed by atoms with Crippen LogP contribution >= 0.6 is 0 Å². The standard InChI is InChI=1S/C23H20FN3O5/c1-27(2)15-10-17-16-9-14(25-20(28)12-3-5-13(24)6-4-12)7-8-18(16)26-19(17)23(11-15)31-21(29)22(30)32-23/h3-9,15,26H,10-11H2,1-2H3,(H,25,28). The fourth-order valence-electron chi connectivity index (χ4n) is 4.34. The van der Waals surface area contributed by atoms with E-state index in [9.17, 15) is 18.8 Å². The normalized spacial score (nSPS) is 19.2. The maximum Gasteiger partial charge on any atom is 0.421 e. The van der Waals surface area contributed by atoms with Crippen LogP contribution in [0.25, 0.3) is 10.9 Å². The number of esters is 2. The molecule has 1 amide bonds. The van der Waals surface area contributed by atoms with Gasteiger partial charge in [-0.3, -0.25) is 4.79 Å². The monoisotopic (exact) mass is 437 g/mol. The predicted octanol–water partition coefficient (Wildman–Crippen LogP) is 2.69. The molecule has 1 atom stereocenters. The second-order valence-corrected chi connectivity index (χ2v) is 8.26. The van der Waals surface area contributed by atoms with Crippen LogP contribution in [0.5, 0.6) is 0 Å². The molecule has 1 aliphatic heterocycles. The minimum Gasteiger partial charge on any atom is -0.408 e. The van der Waals surface area contributed by atoms with E-state index in [0.717, 1.165) is 16.5 Å². The Morgan fingerprint density at radius 1 is 1.12 bits per heavy atom. The van der Waals surface area contributed by atoms with E-state index in [2.05, 4.69) is 10.3 Å². The molecule has 3 aromatic rings. The van der Waals surface area contributed by atoms with Gasteiger partial charge in [0.05, 0.1) is 0 Å². The average molecular weight is 437 g/mol. The second kappa shape index (κ2) is 7.16. The lowest BCUT2D eigenvalue weighted by Crippen LogP contribution is -2.44. The highest BCUT2D eigenvalue weighted by Crippen LogP contribution is 2.46. The molecule has 1 saturated heterocycles. The number of ether oxygens (including phenoxy) is 2. The highest BCUT2D eigenvalue weighted by molar-refractivity contribution is 6.31. The fourth-order valence-corrected chi connectivity index (χ4v) is 4.34. The van der Waals surface area contributed by atoms with Gasteiger partial charge in [-0.15, -0.1) is 0 Å². The first-order valence-electron chi connectivity index (χ1n) is 10.1. The lowest BCUT2D eigenvalue weighted by atomic mass is 9.86. The lowest BCUT2D eigenvalue weighted by molar-refractivity contribution is -0.196. The van der Waals surface area contributed by atoms with E-state index in [-0.39, 0.29) is 11.9 Å². The number of nitrogens with one attached hydrogen (secondary N) is 2. The van der Waals surface area contributed by atoms with Crippen LogP contribution in [0.3, 0.4) is 0 Å². The zero-order chi connectivity index (χ0) is 22.6. The number of halogens is 1. The molecular formula is C23H20FN3O5. The van der Waals surface area contributed by atoms with E-state index >= 15 is 0 Å². The molecule has 1 spiro atoms. The molecule has 2 heterocycles. The van der Waals surface area contributed by atoms with Gasteiger partial charge in [-0.25, -0.2) is 14.0 Å². The summed E-state index contributed by atoms with van der Waals surface area (Å²) in [6.45, 7) is 0. The van der Waals surface area contributed by atoms with Gasteiger partial charge in [-0.1, -0.05) is 0 Å². The van der Waals surface area contributed by atoms with E-state index in [1.165, 1.54) is 24.3 Å². The fraction of sp³-hybridized carbons (Fsp3) is 0.261. The summed E-state index contributed by atoms with van der Waals surface area (Å²) in [4.78, 5) is 41.5. The van der Waals surface area contributed by atoms with Gasteiger partial charge in [-0.2, -0.15) is 0 Å². The topological polar surface area (TPSA) is 101 Å². The summed E-state index contributed by atoms with van der Waals surface area (Å²) in [5.41, 5.74) is 3.03. The van der Waals surface area contributed by atoms with Crippen LogP contribution in [-0.2, 0) is 31.3 Å². The third-order valence-corrected chi connectivity index (χ3v) is 6.01. The van der Waals surface area contributed by atoms with E-state index in [1.54, 1.807) is 12.1 Å². The Labute approximate surface area is 182 Å². The lowest BCUT2D eigenvalue weighted by Gasteiger charge is -2.37. The summed E-state index contributed by atoms with van der Waals surface area (Å²) in [5, 5.41) is 3.64. The molecule has 0 saturated carbocycles. The molecule has 2 aliphatic rings. The van der Waals surface area contributed by atoms with Crippen molar-refractivity contribution in [3.05, 3.63) is 65.1 Å². The number of rotatable bonds is 3. The van der Waals surface area contributed by atoms with Crippen molar-refractivity contribution in [1.82, 2.24) is 9.88 Å². The second-order valence-electron chi connectivity index (χ2n) is 8.26. The Morgan fingerprint density at radius 2 is 1.81 bits per heavy atom. The molecule has 8 nitrogen and oxygen atoms in total. The number of carbonyl (C=O) groups excluding carboxylic acids is 3. The molecule has 2 N–H and O–H groups in total. The molecular weight excluding hydrogens is 417 g/mol. The first-order chi connectivity index (χ1) is 15.3. The Balaban J connectivity index is 1.54. The van der Waals surface area contributed by atoms with Crippen molar-refractivity contribution in [3.63, 3.8) is 0 Å². The van der Waals surface area contributed by atoms with E-state index < -0.39 is 23.5 Å². The van der Waals surface area contributed by atoms with Gasteiger partial charge in [0.1, 0.15) is 11.5 Å². The van der Waals surface area contributed by atoms with Crippen LogP contribution in [0.15, 0.2) is 42.5 Å². The number of aromatic nitrogens is 1. The van der Waals surface area contributed by atoms with Crippen molar-refractivity contribution in [1.29, 1.82) is 0 Å². The van der Waals surface area contributed by atoms with Gasteiger partial charge in [0, 0.05) is 34.6 Å². The predicted molar refractivity (Wildman–Crippen MR) is 112 cm³/mol. The van der Waals surface area contributed by atoms with Crippen LogP contribution in [0.2, 0.25) is 0 Å². The molecule has 2 aromatic carbocycles. The van der Waals surface area contributed by atoms with Crippen LogP contribution in [0, 0.1) is 5.82 Å². The number of anilines is 1. The molecule has 9 heteroatoms. The summed E-state index contributed by atoms with van der Waals surface area (Å²) < 4.78 is 24.0. The summed E-state index contributed by atoms with van der Waals surface area (Å²) in [7, 11) is 3.82. The van der Waals surface area contributed by atoms with Crippen molar-refractivity contribution in [2.24, 2.45) is 0 Å². The summed E-state index contributed by atoms with van der Waals surface area (Å²) >= 11 is 0. The molecule has 1 aromatic heterocycles. The largest absolute Gasteiger partial charge is 0.421 e. The summed E-state index contributed by atoms with van der Waals surface area (Å²) in [5.74, 6) is -4.30. The maximum absolute atomic E-state index is 13.1. The van der Waals surface area contributed by atoms with Gasteiger partial charge < -0.3 is 24.7 Å². The number of aromatic amines is 1. The third kappa shape index (κ3) is 3.21. The minimum atomic E-state index is -1.49. The van der Waals surface area contributed by atoms with Gasteiger partial charge in [0.15, 0.2) is 0 Å². The van der Waals surface area contributed by atoms with Crippen molar-refractivity contribution in [3.8, 4) is 0 Å². The van der Waals surface area contributed by atoms with E-state index in [0.29, 0.717) is 29.8 Å². The molecule has 164 valence electrons. The van der Waals surface area contributed by atoms with Gasteiger partial charge in [-0.05, 0) is 68.5 Å². The number of amides is 1. The van der Waals surface area contributed by atoms with Crippen LogP contribution < -0.4 is 5.32 Å². The molecule has 0 radical (unpaired) electrons. The number of hydrogen-bond donors (Lipinski definition) is 2. The molecule has 32 heavy (non-hydrogen) atoms. The zero-order valence-corrected chi connectivity index (χ0v) is 17.4. The SMILES string of the molecule is CN(C)C1Cc2c([nH]c3ccc(NC(=O)c4ccc(F)cc4)cc23)C2(C1)OC(=O)C(=O)O2. The van der Waals surface area contributed by atoms with Gasteiger partial charge in [0.25, 0.3) is 5.91 Å². The number of likely N-dealkylation sites (N-methyl/N-ethyl adjacent to an activating group) is 1. The number of nitrogens with zero attached hydrogens (tertiary/aromatic N) is 1. The maximum atomic E-state index is 13.1. The minimum absolute atomic E-state index is 0.0438. The van der Waals surface area contributed by atoms with Crippen molar-refractivity contribution in [2.75, 3.05) is 19.4 Å². The van der Waals surface area contributed by atoms with Crippen molar-refractivity contribution < 1.29 is 28.2 Å². The molecule has 1 unspecified atom stereocenters. The average Bonchev–Trinajstić information content (AvgIpc) is 3.26. The number of benzene rings is 2. The number of hydrogen-bond acceptors (Lipinski definition) is 6. The third-order valence-electron chi connectivity index (χ3n) is 6.01. The first kappa shape index (κ1) is 20.2. The quantitative estimate of drug-likeness (QED) is 0.483.